The van der Waals surface area contributed by atoms with Crippen LogP contribution >= 0.6 is 0 Å². The molecule has 0 atom stereocenters. The van der Waals surface area contributed by atoms with Crippen molar-refractivity contribution in [3.63, 3.8) is 0 Å². The number of aryl methyl sites for hydroxylation is 2. The second-order valence-corrected chi connectivity index (χ2v) is 8.21. The summed E-state index contributed by atoms with van der Waals surface area (Å²) in [6, 6.07) is 23.0. The number of aliphatic carboxylic acids is 1. The van der Waals surface area contributed by atoms with E-state index in [4.69, 9.17) is 23.7 Å². The van der Waals surface area contributed by atoms with Gasteiger partial charge >= 0.3 is 5.97 Å². The van der Waals surface area contributed by atoms with E-state index in [9.17, 15) is 4.79 Å². The predicted octanol–water partition coefficient (Wildman–Crippen LogP) is 6.22. The summed E-state index contributed by atoms with van der Waals surface area (Å²) in [6.45, 7) is 4.96. The highest BCUT2D eigenvalue weighted by Gasteiger charge is 2.12. The van der Waals surface area contributed by atoms with E-state index in [1.54, 1.807) is 0 Å². The number of hydrogen-bond donors (Lipinski definition) is 1. The second-order valence-electron chi connectivity index (χ2n) is 8.21. The number of aromatic nitrogens is 1. The highest BCUT2D eigenvalue weighted by molar-refractivity contribution is 5.67. The van der Waals surface area contributed by atoms with Gasteiger partial charge in [-0.05, 0) is 61.7 Å². The van der Waals surface area contributed by atoms with Crippen molar-refractivity contribution in [3.05, 3.63) is 95.4 Å². The Morgan fingerprint density at radius 3 is 2.36 bits per heavy atom. The fourth-order valence-corrected chi connectivity index (χ4v) is 3.63. The summed E-state index contributed by atoms with van der Waals surface area (Å²) in [5.41, 5.74) is 3.53. The van der Waals surface area contributed by atoms with Crippen LogP contribution < -0.4 is 14.2 Å². The molecule has 36 heavy (non-hydrogen) atoms. The summed E-state index contributed by atoms with van der Waals surface area (Å²) >= 11 is 0. The van der Waals surface area contributed by atoms with Crippen LogP contribution in [0.5, 0.6) is 17.2 Å². The topological polar surface area (TPSA) is 91.0 Å². The highest BCUT2D eigenvalue weighted by atomic mass is 16.5. The van der Waals surface area contributed by atoms with Crippen LogP contribution in [0.4, 0.5) is 0 Å². The average Bonchev–Trinajstić information content (AvgIpc) is 3.27. The molecular formula is C29H29NO6. The van der Waals surface area contributed by atoms with Crippen molar-refractivity contribution in [2.24, 2.45) is 0 Å². The number of carbonyl (C=O) groups is 1. The van der Waals surface area contributed by atoms with Gasteiger partial charge in [0.1, 0.15) is 41.9 Å². The van der Waals surface area contributed by atoms with Crippen LogP contribution in [-0.2, 0) is 24.4 Å². The van der Waals surface area contributed by atoms with Gasteiger partial charge in [-0.15, -0.1) is 0 Å². The summed E-state index contributed by atoms with van der Waals surface area (Å²) in [5.74, 6) is 2.52. The first kappa shape index (κ1) is 24.9. The van der Waals surface area contributed by atoms with Gasteiger partial charge in [0, 0.05) is 18.1 Å². The lowest BCUT2D eigenvalue weighted by molar-refractivity contribution is -0.136. The molecule has 7 heteroatoms. The molecule has 0 unspecified atom stereocenters. The van der Waals surface area contributed by atoms with E-state index in [2.05, 4.69) is 4.98 Å². The monoisotopic (exact) mass is 487 g/mol. The Hall–Kier alpha value is -4.26. The molecule has 4 aromatic rings. The lowest BCUT2D eigenvalue weighted by atomic mass is 10.1. The SMILES string of the molecule is CCOc1cc(OCc2ccc(OCc3nc(-c4ccccc4)oc3C)cc2)ccc1CCC(=O)O. The Labute approximate surface area is 210 Å². The molecule has 1 N–H and O–H groups in total. The number of benzene rings is 3. The maximum Gasteiger partial charge on any atom is 0.303 e. The van der Waals surface area contributed by atoms with Crippen molar-refractivity contribution < 1.29 is 28.5 Å². The van der Waals surface area contributed by atoms with E-state index in [1.165, 1.54) is 0 Å². The normalized spacial score (nSPS) is 10.7. The molecular weight excluding hydrogens is 458 g/mol. The van der Waals surface area contributed by atoms with Crippen LogP contribution in [-0.4, -0.2) is 22.7 Å². The minimum absolute atomic E-state index is 0.0547. The molecule has 0 aliphatic carbocycles. The summed E-state index contributed by atoms with van der Waals surface area (Å²) in [4.78, 5) is 15.5. The smallest absolute Gasteiger partial charge is 0.303 e. The van der Waals surface area contributed by atoms with Gasteiger partial charge in [0.15, 0.2) is 0 Å². The van der Waals surface area contributed by atoms with Crippen molar-refractivity contribution in [2.75, 3.05) is 6.61 Å². The average molecular weight is 488 g/mol. The van der Waals surface area contributed by atoms with E-state index in [0.29, 0.717) is 43.6 Å². The maximum atomic E-state index is 10.9. The number of hydrogen-bond acceptors (Lipinski definition) is 6. The summed E-state index contributed by atoms with van der Waals surface area (Å²) in [6.07, 6.45) is 0.465. The number of carboxylic acid groups (broad SMARTS) is 1. The van der Waals surface area contributed by atoms with Crippen LogP contribution in [0.2, 0.25) is 0 Å². The third kappa shape index (κ3) is 6.66. The third-order valence-corrected chi connectivity index (χ3v) is 5.56. The van der Waals surface area contributed by atoms with Gasteiger partial charge in [-0.1, -0.05) is 36.4 Å². The molecule has 0 saturated heterocycles. The van der Waals surface area contributed by atoms with Crippen molar-refractivity contribution in [3.8, 4) is 28.7 Å². The van der Waals surface area contributed by atoms with E-state index < -0.39 is 5.97 Å². The van der Waals surface area contributed by atoms with Crippen molar-refractivity contribution in [1.29, 1.82) is 0 Å². The van der Waals surface area contributed by atoms with Gasteiger partial charge in [-0.3, -0.25) is 4.79 Å². The van der Waals surface area contributed by atoms with E-state index in [-0.39, 0.29) is 6.42 Å². The predicted molar refractivity (Wildman–Crippen MR) is 135 cm³/mol. The summed E-state index contributed by atoms with van der Waals surface area (Å²) in [7, 11) is 0. The van der Waals surface area contributed by atoms with E-state index >= 15 is 0 Å². The van der Waals surface area contributed by atoms with E-state index in [0.717, 1.165) is 33.9 Å². The van der Waals surface area contributed by atoms with Gasteiger partial charge in [-0.2, -0.15) is 0 Å². The molecule has 0 bridgehead atoms. The molecule has 1 heterocycles. The molecule has 186 valence electrons. The first-order valence-corrected chi connectivity index (χ1v) is 11.9. The first-order valence-electron chi connectivity index (χ1n) is 11.9. The zero-order valence-corrected chi connectivity index (χ0v) is 20.4. The zero-order valence-electron chi connectivity index (χ0n) is 20.4. The van der Waals surface area contributed by atoms with Crippen LogP contribution in [0, 0.1) is 6.92 Å². The molecule has 1 aromatic heterocycles. The summed E-state index contributed by atoms with van der Waals surface area (Å²) < 4.78 is 23.3. The Balaban J connectivity index is 1.32. The van der Waals surface area contributed by atoms with E-state index in [1.807, 2.05) is 86.6 Å². The number of carboxylic acids is 1. The number of oxazole rings is 1. The lowest BCUT2D eigenvalue weighted by Crippen LogP contribution is -2.02. The summed E-state index contributed by atoms with van der Waals surface area (Å²) in [5, 5.41) is 8.95. The molecule has 0 spiro atoms. The Morgan fingerprint density at radius 2 is 1.64 bits per heavy atom. The fourth-order valence-electron chi connectivity index (χ4n) is 3.63. The van der Waals surface area contributed by atoms with Gasteiger partial charge in [0.2, 0.25) is 5.89 Å². The Morgan fingerprint density at radius 1 is 0.917 bits per heavy atom. The largest absolute Gasteiger partial charge is 0.493 e. The molecule has 0 amide bonds. The van der Waals surface area contributed by atoms with Crippen LogP contribution in [0.3, 0.4) is 0 Å². The minimum Gasteiger partial charge on any atom is -0.493 e. The lowest BCUT2D eigenvalue weighted by Gasteiger charge is -2.13. The molecule has 0 saturated carbocycles. The first-order chi connectivity index (χ1) is 17.5. The van der Waals surface area contributed by atoms with Crippen molar-refractivity contribution >= 4 is 5.97 Å². The second kappa shape index (κ2) is 11.9. The molecule has 0 aliphatic rings. The minimum atomic E-state index is -0.835. The van der Waals surface area contributed by atoms with Crippen LogP contribution in [0.15, 0.2) is 77.2 Å². The van der Waals surface area contributed by atoms with Gasteiger partial charge in [-0.25, -0.2) is 4.98 Å². The molecule has 3 aromatic carbocycles. The third-order valence-electron chi connectivity index (χ3n) is 5.56. The zero-order chi connectivity index (χ0) is 25.3. The number of ether oxygens (including phenoxy) is 3. The molecule has 7 nitrogen and oxygen atoms in total. The fraction of sp³-hybridized carbons (Fsp3) is 0.241. The van der Waals surface area contributed by atoms with Gasteiger partial charge in [0.25, 0.3) is 0 Å². The molecule has 0 fully saturated rings. The molecule has 0 radical (unpaired) electrons. The van der Waals surface area contributed by atoms with Gasteiger partial charge < -0.3 is 23.7 Å². The Bertz CT molecular complexity index is 1280. The molecule has 4 rings (SSSR count). The maximum absolute atomic E-state index is 10.9. The quantitative estimate of drug-likeness (QED) is 0.253. The number of rotatable bonds is 12. The Kier molecular flexibility index (Phi) is 8.24. The van der Waals surface area contributed by atoms with Crippen molar-refractivity contribution in [1.82, 2.24) is 4.98 Å². The molecule has 0 aliphatic heterocycles. The number of nitrogens with zero attached hydrogens (tertiary/aromatic N) is 1. The van der Waals surface area contributed by atoms with Gasteiger partial charge in [0.05, 0.1) is 6.61 Å². The standard InChI is InChI=1S/C29H29NO6/c1-3-33-27-17-25(15-11-22(27)12-16-28(31)32)34-18-21-9-13-24(14-10-21)35-19-26-20(2)36-29(30-26)23-7-5-4-6-8-23/h4-11,13-15,17H,3,12,16,18-19H2,1-2H3,(H,31,32). The van der Waals surface area contributed by atoms with Crippen molar-refractivity contribution in [2.45, 2.75) is 39.9 Å². The van der Waals surface area contributed by atoms with Crippen LogP contribution in [0.1, 0.15) is 35.9 Å². The van der Waals surface area contributed by atoms with Crippen LogP contribution in [0.25, 0.3) is 11.5 Å². The highest BCUT2D eigenvalue weighted by Crippen LogP contribution is 2.27.